The van der Waals surface area contributed by atoms with Crippen LogP contribution in [0.25, 0.3) is 0 Å². The van der Waals surface area contributed by atoms with Crippen molar-refractivity contribution >= 4 is 11.6 Å². The third-order valence-corrected chi connectivity index (χ3v) is 3.07. The molecule has 0 spiro atoms. The van der Waals surface area contributed by atoms with E-state index in [1.165, 1.54) is 5.69 Å². The molecule has 1 aromatic carbocycles. The smallest absolute Gasteiger partial charge is 0.249 e. The molecule has 0 aromatic heterocycles. The first kappa shape index (κ1) is 15.3. The Morgan fingerprint density at radius 1 is 1.16 bits per heavy atom. The summed E-state index contributed by atoms with van der Waals surface area (Å²) < 4.78 is 0. The molecule has 1 rings (SSSR count). The van der Waals surface area contributed by atoms with E-state index in [4.69, 9.17) is 0 Å². The van der Waals surface area contributed by atoms with Crippen molar-refractivity contribution in [2.45, 2.75) is 26.8 Å². The Bertz CT molecular complexity index is 446. The maximum Gasteiger partial charge on any atom is 0.249 e. The highest BCUT2D eigenvalue weighted by Gasteiger charge is 2.10. The third-order valence-electron chi connectivity index (χ3n) is 3.07. The van der Waals surface area contributed by atoms with Crippen LogP contribution >= 0.6 is 0 Å². The molecule has 1 aromatic rings. The van der Waals surface area contributed by atoms with Crippen LogP contribution in [0.1, 0.15) is 25.8 Å². The molecule has 1 amide bonds. The molecule has 3 nitrogen and oxygen atoms in total. The molecular weight excluding hydrogens is 236 g/mol. The van der Waals surface area contributed by atoms with E-state index in [9.17, 15) is 4.79 Å². The zero-order valence-electron chi connectivity index (χ0n) is 12.6. The fraction of sp³-hybridized carbons (Fsp3) is 0.438. The second kappa shape index (κ2) is 6.98. The summed E-state index contributed by atoms with van der Waals surface area (Å²) in [5.41, 5.74) is 3.13. The predicted molar refractivity (Wildman–Crippen MR) is 81.3 cm³/mol. The van der Waals surface area contributed by atoms with Gasteiger partial charge in [0.1, 0.15) is 0 Å². The highest BCUT2D eigenvalue weighted by molar-refractivity contribution is 5.92. The SMILES string of the molecule is CC/C=C(/C)C(=O)N(C)Cc1ccc(N(C)C)cc1. The largest absolute Gasteiger partial charge is 0.378 e. The van der Waals surface area contributed by atoms with Gasteiger partial charge in [-0.1, -0.05) is 25.1 Å². The van der Waals surface area contributed by atoms with Crippen LogP contribution in [-0.4, -0.2) is 32.0 Å². The Morgan fingerprint density at radius 3 is 2.21 bits per heavy atom. The number of benzene rings is 1. The molecule has 0 saturated carbocycles. The monoisotopic (exact) mass is 260 g/mol. The number of hydrogen-bond acceptors (Lipinski definition) is 2. The minimum Gasteiger partial charge on any atom is -0.378 e. The molecule has 0 N–H and O–H groups in total. The van der Waals surface area contributed by atoms with Gasteiger partial charge in [-0.15, -0.1) is 0 Å². The Hall–Kier alpha value is -1.77. The molecular formula is C16H24N2O. The van der Waals surface area contributed by atoms with Gasteiger partial charge >= 0.3 is 0 Å². The lowest BCUT2D eigenvalue weighted by molar-refractivity contribution is -0.126. The van der Waals surface area contributed by atoms with Crippen molar-refractivity contribution in [3.8, 4) is 0 Å². The average molecular weight is 260 g/mol. The first-order valence-corrected chi connectivity index (χ1v) is 6.64. The summed E-state index contributed by atoms with van der Waals surface area (Å²) in [5.74, 6) is 0.0959. The number of likely N-dealkylation sites (N-methyl/N-ethyl adjacent to an activating group) is 1. The summed E-state index contributed by atoms with van der Waals surface area (Å²) in [6.45, 7) is 4.55. The van der Waals surface area contributed by atoms with Gasteiger partial charge in [-0.25, -0.2) is 0 Å². The van der Waals surface area contributed by atoms with Crippen molar-refractivity contribution in [2.24, 2.45) is 0 Å². The van der Waals surface area contributed by atoms with Crippen LogP contribution in [0.3, 0.4) is 0 Å². The summed E-state index contributed by atoms with van der Waals surface area (Å²) in [5, 5.41) is 0. The predicted octanol–water partition coefficient (Wildman–Crippen LogP) is 3.07. The first-order valence-electron chi connectivity index (χ1n) is 6.64. The van der Waals surface area contributed by atoms with E-state index in [2.05, 4.69) is 29.2 Å². The number of amides is 1. The third kappa shape index (κ3) is 4.43. The minimum absolute atomic E-state index is 0.0959. The second-order valence-corrected chi connectivity index (χ2v) is 5.02. The van der Waals surface area contributed by atoms with E-state index in [1.54, 1.807) is 4.90 Å². The number of rotatable bonds is 5. The molecule has 0 radical (unpaired) electrons. The topological polar surface area (TPSA) is 23.6 Å². The van der Waals surface area contributed by atoms with Gasteiger partial charge in [0.15, 0.2) is 0 Å². The van der Waals surface area contributed by atoms with Gasteiger partial charge in [0, 0.05) is 38.9 Å². The van der Waals surface area contributed by atoms with Crippen LogP contribution in [0.4, 0.5) is 5.69 Å². The number of hydrogen-bond donors (Lipinski definition) is 0. The van der Waals surface area contributed by atoms with E-state index in [0.717, 1.165) is 17.6 Å². The van der Waals surface area contributed by atoms with Crippen molar-refractivity contribution in [3.05, 3.63) is 41.5 Å². The number of carbonyl (C=O) groups excluding carboxylic acids is 1. The molecule has 0 aliphatic heterocycles. The van der Waals surface area contributed by atoms with E-state index in [-0.39, 0.29) is 5.91 Å². The van der Waals surface area contributed by atoms with Crippen LogP contribution in [0.15, 0.2) is 35.9 Å². The minimum atomic E-state index is 0.0959. The molecule has 19 heavy (non-hydrogen) atoms. The molecule has 0 bridgehead atoms. The highest BCUT2D eigenvalue weighted by atomic mass is 16.2. The fourth-order valence-corrected chi connectivity index (χ4v) is 1.94. The average Bonchev–Trinajstić information content (AvgIpc) is 2.38. The molecule has 3 heteroatoms. The van der Waals surface area contributed by atoms with Gasteiger partial charge in [-0.3, -0.25) is 4.79 Å². The zero-order valence-corrected chi connectivity index (χ0v) is 12.6. The quantitative estimate of drug-likeness (QED) is 0.760. The van der Waals surface area contributed by atoms with Crippen molar-refractivity contribution < 1.29 is 4.79 Å². The van der Waals surface area contributed by atoms with E-state index in [1.807, 2.05) is 41.1 Å². The highest BCUT2D eigenvalue weighted by Crippen LogP contribution is 2.14. The van der Waals surface area contributed by atoms with Crippen LogP contribution in [0, 0.1) is 0 Å². The number of carbonyl (C=O) groups is 1. The molecule has 0 saturated heterocycles. The van der Waals surface area contributed by atoms with Crippen LogP contribution in [-0.2, 0) is 11.3 Å². The van der Waals surface area contributed by atoms with Gasteiger partial charge in [0.25, 0.3) is 0 Å². The summed E-state index contributed by atoms with van der Waals surface area (Å²) >= 11 is 0. The van der Waals surface area contributed by atoms with Crippen molar-refractivity contribution in [2.75, 3.05) is 26.0 Å². The van der Waals surface area contributed by atoms with Crippen molar-refractivity contribution in [1.29, 1.82) is 0 Å². The summed E-state index contributed by atoms with van der Waals surface area (Å²) in [4.78, 5) is 15.9. The number of allylic oxidation sites excluding steroid dienone is 1. The molecule has 0 atom stereocenters. The van der Waals surface area contributed by atoms with Crippen LogP contribution < -0.4 is 4.90 Å². The molecule has 0 fully saturated rings. The fourth-order valence-electron chi connectivity index (χ4n) is 1.94. The Kier molecular flexibility index (Phi) is 5.61. The molecule has 104 valence electrons. The lowest BCUT2D eigenvalue weighted by atomic mass is 10.1. The molecule has 0 unspecified atom stereocenters. The summed E-state index contributed by atoms with van der Waals surface area (Å²) in [6.07, 6.45) is 2.86. The standard InChI is InChI=1S/C16H24N2O/c1-6-7-13(2)16(19)18(5)12-14-8-10-15(11-9-14)17(3)4/h7-11H,6,12H2,1-5H3/b13-7-. The lowest BCUT2D eigenvalue weighted by Gasteiger charge is -2.18. The van der Waals surface area contributed by atoms with Gasteiger partial charge in [0.05, 0.1) is 0 Å². The molecule has 0 heterocycles. The van der Waals surface area contributed by atoms with Crippen LogP contribution in [0.2, 0.25) is 0 Å². The summed E-state index contributed by atoms with van der Waals surface area (Å²) in [6, 6.07) is 8.28. The van der Waals surface area contributed by atoms with Gasteiger partial charge < -0.3 is 9.80 Å². The van der Waals surface area contributed by atoms with Gasteiger partial charge in [-0.2, -0.15) is 0 Å². The van der Waals surface area contributed by atoms with Crippen LogP contribution in [0.5, 0.6) is 0 Å². The lowest BCUT2D eigenvalue weighted by Crippen LogP contribution is -2.26. The Labute approximate surface area is 116 Å². The zero-order chi connectivity index (χ0) is 14.4. The number of anilines is 1. The van der Waals surface area contributed by atoms with Crippen molar-refractivity contribution in [3.63, 3.8) is 0 Å². The molecule has 0 aliphatic carbocycles. The normalized spacial score (nSPS) is 11.3. The van der Waals surface area contributed by atoms with Crippen molar-refractivity contribution in [1.82, 2.24) is 4.90 Å². The van der Waals surface area contributed by atoms with E-state index >= 15 is 0 Å². The maximum absolute atomic E-state index is 12.1. The van der Waals surface area contributed by atoms with E-state index in [0.29, 0.717) is 6.54 Å². The second-order valence-electron chi connectivity index (χ2n) is 5.02. The molecule has 0 aliphatic rings. The first-order chi connectivity index (χ1) is 8.95. The Morgan fingerprint density at radius 2 is 1.74 bits per heavy atom. The van der Waals surface area contributed by atoms with Gasteiger partial charge in [0.2, 0.25) is 5.91 Å². The summed E-state index contributed by atoms with van der Waals surface area (Å²) in [7, 11) is 5.88. The van der Waals surface area contributed by atoms with E-state index < -0.39 is 0 Å². The number of nitrogens with zero attached hydrogens (tertiary/aromatic N) is 2. The maximum atomic E-state index is 12.1. The Balaban J connectivity index is 2.69. The van der Waals surface area contributed by atoms with Gasteiger partial charge in [-0.05, 0) is 31.0 Å².